The average molecular weight is 446 g/mol. The van der Waals surface area contributed by atoms with Gasteiger partial charge in [0.2, 0.25) is 0 Å². The fourth-order valence-electron chi connectivity index (χ4n) is 7.11. The monoisotopic (exact) mass is 445 g/mol. The molecule has 0 fully saturated rings. The fourth-order valence-corrected chi connectivity index (χ4v) is 7.11. The first-order chi connectivity index (χ1) is 16.6. The van der Waals surface area contributed by atoms with E-state index in [-0.39, 0.29) is 0 Å². The van der Waals surface area contributed by atoms with Crippen molar-refractivity contribution in [2.24, 2.45) is 7.05 Å². The molecule has 3 nitrogen and oxygen atoms in total. The number of likely N-dealkylation sites (N-methyl/N-ethyl adjacent to an activating group) is 2. The van der Waals surface area contributed by atoms with Gasteiger partial charge in [-0.15, -0.1) is 0 Å². The summed E-state index contributed by atoms with van der Waals surface area (Å²) in [5.41, 5.74) is 11.4. The summed E-state index contributed by atoms with van der Waals surface area (Å²) in [6, 6.07) is 25.7. The maximum atomic E-state index is 2.54. The standard InChI is InChI=1S/C31H31N3/c1-32-19-25(22-11-4-7-13-26(22)32)30-23-12-6-9-15-28(23)34(3)31(30)20-16-17-29-24(18-20)21-10-5-8-14-27(21)33(29)2/h4,6-9,11-18,25,30-31H,5,10,19H2,1-3H3. The molecular weight excluding hydrogens is 414 g/mol. The second-order valence-corrected chi connectivity index (χ2v) is 10.3. The van der Waals surface area contributed by atoms with Gasteiger partial charge in [-0.1, -0.05) is 48.5 Å². The van der Waals surface area contributed by atoms with Crippen molar-refractivity contribution in [1.82, 2.24) is 4.57 Å². The van der Waals surface area contributed by atoms with Crippen LogP contribution in [0, 0.1) is 0 Å². The van der Waals surface area contributed by atoms with Crippen LogP contribution in [0.4, 0.5) is 11.4 Å². The number of benzene rings is 3. The van der Waals surface area contributed by atoms with Gasteiger partial charge >= 0.3 is 0 Å². The molecule has 0 spiro atoms. The molecule has 0 bridgehead atoms. The lowest BCUT2D eigenvalue weighted by atomic mass is 9.77. The molecule has 3 aliphatic rings. The SMILES string of the molecule is CN1CC(C2c3ccccc3N(C)C2c2ccc3c(c2)c2c(n3C)C=CCC2)c2ccccc21. The van der Waals surface area contributed by atoms with Gasteiger partial charge < -0.3 is 14.4 Å². The first-order valence-electron chi connectivity index (χ1n) is 12.5. The van der Waals surface area contributed by atoms with Crippen molar-refractivity contribution in [3.8, 4) is 0 Å². The summed E-state index contributed by atoms with van der Waals surface area (Å²) >= 11 is 0. The second-order valence-electron chi connectivity index (χ2n) is 10.3. The Morgan fingerprint density at radius 2 is 1.59 bits per heavy atom. The third-order valence-corrected chi connectivity index (χ3v) is 8.64. The van der Waals surface area contributed by atoms with Gasteiger partial charge in [0.15, 0.2) is 0 Å². The van der Waals surface area contributed by atoms with E-state index in [9.17, 15) is 0 Å². The molecule has 1 aromatic heterocycles. The number of para-hydroxylation sites is 2. The Bertz CT molecular complexity index is 1460. The minimum absolute atomic E-state index is 0.321. The largest absolute Gasteiger partial charge is 0.374 e. The zero-order valence-electron chi connectivity index (χ0n) is 20.2. The van der Waals surface area contributed by atoms with Crippen LogP contribution in [-0.2, 0) is 13.5 Å². The Hall–Kier alpha value is -3.46. The third kappa shape index (κ3) is 2.64. The molecule has 3 heterocycles. The molecule has 0 saturated heterocycles. The van der Waals surface area contributed by atoms with Gasteiger partial charge in [-0.05, 0) is 65.4 Å². The van der Waals surface area contributed by atoms with Crippen LogP contribution in [0.5, 0.6) is 0 Å². The Morgan fingerprint density at radius 1 is 0.824 bits per heavy atom. The molecule has 3 aromatic carbocycles. The van der Waals surface area contributed by atoms with Crippen LogP contribution in [0.1, 0.15) is 52.2 Å². The molecule has 170 valence electrons. The lowest BCUT2D eigenvalue weighted by Crippen LogP contribution is -2.27. The maximum absolute atomic E-state index is 2.54. The van der Waals surface area contributed by atoms with Crippen LogP contribution in [0.15, 0.2) is 72.8 Å². The molecule has 4 aromatic rings. The molecule has 2 aliphatic heterocycles. The number of fused-ring (bicyclic) bond motifs is 5. The van der Waals surface area contributed by atoms with Crippen LogP contribution >= 0.6 is 0 Å². The van der Waals surface area contributed by atoms with Crippen molar-refractivity contribution in [2.75, 3.05) is 30.4 Å². The van der Waals surface area contributed by atoms with Gasteiger partial charge in [-0.3, -0.25) is 0 Å². The van der Waals surface area contributed by atoms with Gasteiger partial charge in [0, 0.05) is 67.5 Å². The summed E-state index contributed by atoms with van der Waals surface area (Å²) in [6.07, 6.45) is 6.90. The minimum atomic E-state index is 0.321. The van der Waals surface area contributed by atoms with E-state index in [1.165, 1.54) is 50.2 Å². The highest BCUT2D eigenvalue weighted by Gasteiger charge is 2.45. The van der Waals surface area contributed by atoms with E-state index < -0.39 is 0 Å². The molecule has 7 rings (SSSR count). The Balaban J connectivity index is 1.41. The number of nitrogens with zero attached hydrogens (tertiary/aromatic N) is 3. The normalized spacial score (nSPS) is 22.9. The van der Waals surface area contributed by atoms with Crippen molar-refractivity contribution in [2.45, 2.75) is 30.7 Å². The minimum Gasteiger partial charge on any atom is -0.374 e. The Labute approximate surface area is 201 Å². The van der Waals surface area contributed by atoms with Gasteiger partial charge in [0.25, 0.3) is 0 Å². The number of aromatic nitrogens is 1. The number of hydrogen-bond donors (Lipinski definition) is 0. The Morgan fingerprint density at radius 3 is 2.44 bits per heavy atom. The van der Waals surface area contributed by atoms with E-state index in [0.29, 0.717) is 17.9 Å². The van der Waals surface area contributed by atoms with E-state index in [1.807, 2.05) is 0 Å². The number of hydrogen-bond acceptors (Lipinski definition) is 2. The lowest BCUT2D eigenvalue weighted by Gasteiger charge is -2.31. The summed E-state index contributed by atoms with van der Waals surface area (Å²) in [4.78, 5) is 4.98. The average Bonchev–Trinajstić information content (AvgIpc) is 3.47. The highest BCUT2D eigenvalue weighted by molar-refractivity contribution is 5.89. The van der Waals surface area contributed by atoms with Crippen molar-refractivity contribution in [3.63, 3.8) is 0 Å². The fraction of sp³-hybridized carbons (Fsp3) is 0.290. The van der Waals surface area contributed by atoms with Crippen molar-refractivity contribution < 1.29 is 0 Å². The van der Waals surface area contributed by atoms with Crippen LogP contribution in [0.2, 0.25) is 0 Å². The summed E-state index contributed by atoms with van der Waals surface area (Å²) in [6.45, 7) is 1.07. The predicted octanol–water partition coefficient (Wildman–Crippen LogP) is 6.65. The molecule has 0 saturated carbocycles. The maximum Gasteiger partial charge on any atom is 0.0615 e. The van der Waals surface area contributed by atoms with Crippen molar-refractivity contribution in [1.29, 1.82) is 0 Å². The van der Waals surface area contributed by atoms with Gasteiger partial charge in [-0.25, -0.2) is 0 Å². The first-order valence-corrected chi connectivity index (χ1v) is 12.5. The van der Waals surface area contributed by atoms with E-state index in [0.717, 1.165) is 19.4 Å². The lowest BCUT2D eigenvalue weighted by molar-refractivity contribution is 0.489. The van der Waals surface area contributed by atoms with E-state index in [4.69, 9.17) is 0 Å². The van der Waals surface area contributed by atoms with E-state index in [2.05, 4.69) is 114 Å². The van der Waals surface area contributed by atoms with E-state index in [1.54, 1.807) is 0 Å². The topological polar surface area (TPSA) is 11.4 Å². The predicted molar refractivity (Wildman–Crippen MR) is 143 cm³/mol. The number of allylic oxidation sites excluding steroid dienone is 1. The quantitative estimate of drug-likeness (QED) is 0.342. The zero-order valence-corrected chi connectivity index (χ0v) is 20.2. The molecule has 3 heteroatoms. The second kappa shape index (κ2) is 7.27. The van der Waals surface area contributed by atoms with Crippen molar-refractivity contribution >= 4 is 28.4 Å². The summed E-state index contributed by atoms with van der Waals surface area (Å²) in [7, 11) is 6.75. The van der Waals surface area contributed by atoms with Crippen LogP contribution in [-0.4, -0.2) is 25.2 Å². The molecule has 3 unspecified atom stereocenters. The summed E-state index contributed by atoms with van der Waals surface area (Å²) in [5, 5.41) is 1.44. The summed E-state index contributed by atoms with van der Waals surface area (Å²) < 4.78 is 2.37. The van der Waals surface area contributed by atoms with E-state index >= 15 is 0 Å². The molecule has 0 amide bonds. The molecule has 0 radical (unpaired) electrons. The third-order valence-electron chi connectivity index (χ3n) is 8.64. The number of aryl methyl sites for hydroxylation is 2. The van der Waals surface area contributed by atoms with Gasteiger partial charge in [0.1, 0.15) is 0 Å². The van der Waals surface area contributed by atoms with Crippen molar-refractivity contribution in [3.05, 3.63) is 101 Å². The number of rotatable bonds is 2. The molecule has 0 N–H and O–H groups in total. The number of anilines is 2. The first kappa shape index (κ1) is 20.0. The Kier molecular flexibility index (Phi) is 4.27. The van der Waals surface area contributed by atoms with Crippen LogP contribution in [0.3, 0.4) is 0 Å². The van der Waals surface area contributed by atoms with Gasteiger partial charge in [-0.2, -0.15) is 0 Å². The highest BCUT2D eigenvalue weighted by atomic mass is 15.2. The molecular formula is C31H31N3. The molecule has 1 aliphatic carbocycles. The van der Waals surface area contributed by atoms with Crippen LogP contribution in [0.25, 0.3) is 17.0 Å². The van der Waals surface area contributed by atoms with Crippen LogP contribution < -0.4 is 9.80 Å². The smallest absolute Gasteiger partial charge is 0.0615 e. The summed E-state index contributed by atoms with van der Waals surface area (Å²) in [5.74, 6) is 0.893. The molecule has 34 heavy (non-hydrogen) atoms. The van der Waals surface area contributed by atoms with Gasteiger partial charge in [0.05, 0.1) is 6.04 Å². The highest BCUT2D eigenvalue weighted by Crippen LogP contribution is 2.57. The molecule has 3 atom stereocenters. The zero-order chi connectivity index (χ0) is 23.0.